The SMILES string of the molecule is CCOC(=O)C(C(=O)OCC)[C@H]1C=C[C@@H](NC(=O)c2ccccc2)CC1. The first-order chi connectivity index (χ1) is 12.6. The average Bonchev–Trinajstić information content (AvgIpc) is 2.64. The van der Waals surface area contributed by atoms with Crippen LogP contribution in [0, 0.1) is 11.8 Å². The molecule has 0 bridgehead atoms. The number of allylic oxidation sites excluding steroid dienone is 1. The van der Waals surface area contributed by atoms with E-state index in [4.69, 9.17) is 9.47 Å². The highest BCUT2D eigenvalue weighted by Gasteiger charge is 2.37. The first-order valence-electron chi connectivity index (χ1n) is 8.94. The maximum Gasteiger partial charge on any atom is 0.320 e. The molecule has 1 amide bonds. The number of amides is 1. The molecule has 0 spiro atoms. The summed E-state index contributed by atoms with van der Waals surface area (Å²) < 4.78 is 10.1. The van der Waals surface area contributed by atoms with Gasteiger partial charge in [0.2, 0.25) is 0 Å². The normalized spacial score (nSPS) is 19.0. The summed E-state index contributed by atoms with van der Waals surface area (Å²) in [5.41, 5.74) is 0.596. The van der Waals surface area contributed by atoms with Crippen LogP contribution in [0.2, 0.25) is 0 Å². The number of esters is 2. The molecular formula is C20H25NO5. The summed E-state index contributed by atoms with van der Waals surface area (Å²) in [5, 5.41) is 2.95. The smallest absolute Gasteiger partial charge is 0.320 e. The Bertz CT molecular complexity index is 637. The average molecular weight is 359 g/mol. The lowest BCUT2D eigenvalue weighted by Gasteiger charge is -2.27. The number of benzene rings is 1. The molecule has 0 radical (unpaired) electrons. The Morgan fingerprint density at radius 1 is 1.00 bits per heavy atom. The second kappa shape index (κ2) is 9.75. The maximum absolute atomic E-state index is 12.2. The van der Waals surface area contributed by atoms with Gasteiger partial charge in [0.25, 0.3) is 5.91 Å². The van der Waals surface area contributed by atoms with Crippen LogP contribution in [-0.4, -0.2) is 37.1 Å². The van der Waals surface area contributed by atoms with E-state index in [-0.39, 0.29) is 31.1 Å². The second-order valence-corrected chi connectivity index (χ2v) is 6.05. The molecule has 1 aliphatic rings. The van der Waals surface area contributed by atoms with Crippen molar-refractivity contribution < 1.29 is 23.9 Å². The Hall–Kier alpha value is -2.63. The van der Waals surface area contributed by atoms with Crippen LogP contribution in [0.25, 0.3) is 0 Å². The van der Waals surface area contributed by atoms with Crippen molar-refractivity contribution in [1.29, 1.82) is 0 Å². The van der Waals surface area contributed by atoms with Crippen molar-refractivity contribution in [3.05, 3.63) is 48.0 Å². The number of hydrogen-bond acceptors (Lipinski definition) is 5. The third-order valence-electron chi connectivity index (χ3n) is 4.26. The van der Waals surface area contributed by atoms with E-state index in [0.717, 1.165) is 0 Å². The Balaban J connectivity index is 2.02. The van der Waals surface area contributed by atoms with Crippen molar-refractivity contribution in [1.82, 2.24) is 5.32 Å². The predicted octanol–water partition coefficient (Wildman–Crippen LogP) is 2.49. The Morgan fingerprint density at radius 2 is 1.62 bits per heavy atom. The molecule has 0 heterocycles. The van der Waals surface area contributed by atoms with Crippen LogP contribution in [0.1, 0.15) is 37.0 Å². The number of nitrogens with one attached hydrogen (secondary N) is 1. The molecule has 1 aromatic carbocycles. The standard InChI is InChI=1S/C20H25NO5/c1-3-25-19(23)17(20(24)26-4-2)14-10-12-16(13-11-14)21-18(22)15-8-6-5-7-9-15/h5-10,12,14,16-17H,3-4,11,13H2,1-2H3,(H,21,22)/t14-,16+/m0/s1. The minimum absolute atomic E-state index is 0.135. The molecule has 0 unspecified atom stereocenters. The quantitative estimate of drug-likeness (QED) is 0.459. The van der Waals surface area contributed by atoms with Crippen molar-refractivity contribution in [2.24, 2.45) is 11.8 Å². The molecule has 0 saturated heterocycles. The number of rotatable bonds is 7. The van der Waals surface area contributed by atoms with Crippen molar-refractivity contribution in [2.45, 2.75) is 32.7 Å². The molecule has 0 fully saturated rings. The molecule has 2 atom stereocenters. The van der Waals surface area contributed by atoms with Crippen molar-refractivity contribution in [2.75, 3.05) is 13.2 Å². The van der Waals surface area contributed by atoms with Crippen LogP contribution in [0.15, 0.2) is 42.5 Å². The molecule has 1 N–H and O–H groups in total. The summed E-state index contributed by atoms with van der Waals surface area (Å²) >= 11 is 0. The van der Waals surface area contributed by atoms with Crippen molar-refractivity contribution in [3.8, 4) is 0 Å². The fourth-order valence-corrected chi connectivity index (χ4v) is 2.99. The minimum atomic E-state index is -0.961. The zero-order chi connectivity index (χ0) is 18.9. The van der Waals surface area contributed by atoms with E-state index in [1.807, 2.05) is 24.3 Å². The molecule has 0 saturated carbocycles. The van der Waals surface area contributed by atoms with E-state index in [1.165, 1.54) is 0 Å². The fraction of sp³-hybridized carbons (Fsp3) is 0.450. The minimum Gasteiger partial charge on any atom is -0.465 e. The Morgan fingerprint density at radius 3 is 2.12 bits per heavy atom. The summed E-state index contributed by atoms with van der Waals surface area (Å²) in [4.78, 5) is 36.6. The van der Waals surface area contributed by atoms with E-state index in [2.05, 4.69) is 5.32 Å². The predicted molar refractivity (Wildman–Crippen MR) is 96.3 cm³/mol. The van der Waals surface area contributed by atoms with E-state index in [0.29, 0.717) is 18.4 Å². The summed E-state index contributed by atoms with van der Waals surface area (Å²) in [7, 11) is 0. The molecule has 26 heavy (non-hydrogen) atoms. The lowest BCUT2D eigenvalue weighted by molar-refractivity contribution is -0.163. The van der Waals surface area contributed by atoms with Crippen LogP contribution in [0.5, 0.6) is 0 Å². The van der Waals surface area contributed by atoms with E-state index < -0.39 is 17.9 Å². The van der Waals surface area contributed by atoms with Gasteiger partial charge in [-0.1, -0.05) is 30.4 Å². The number of carbonyl (C=O) groups excluding carboxylic acids is 3. The molecule has 6 heteroatoms. The van der Waals surface area contributed by atoms with E-state index in [9.17, 15) is 14.4 Å². The lowest BCUT2D eigenvalue weighted by atomic mass is 9.83. The van der Waals surface area contributed by atoms with Crippen LogP contribution in [-0.2, 0) is 19.1 Å². The highest BCUT2D eigenvalue weighted by molar-refractivity contribution is 5.96. The van der Waals surface area contributed by atoms with Crippen LogP contribution in [0.3, 0.4) is 0 Å². The molecule has 1 aromatic rings. The van der Waals surface area contributed by atoms with Gasteiger partial charge in [0.15, 0.2) is 5.92 Å². The molecule has 2 rings (SSSR count). The van der Waals surface area contributed by atoms with Gasteiger partial charge in [-0.25, -0.2) is 0 Å². The molecule has 6 nitrogen and oxygen atoms in total. The van der Waals surface area contributed by atoms with Crippen molar-refractivity contribution >= 4 is 17.8 Å². The highest BCUT2D eigenvalue weighted by atomic mass is 16.6. The highest BCUT2D eigenvalue weighted by Crippen LogP contribution is 2.27. The molecule has 0 aliphatic heterocycles. The van der Waals surface area contributed by atoms with Crippen LogP contribution in [0.4, 0.5) is 0 Å². The topological polar surface area (TPSA) is 81.7 Å². The monoisotopic (exact) mass is 359 g/mol. The molecule has 0 aromatic heterocycles. The number of hydrogen-bond donors (Lipinski definition) is 1. The van der Waals surface area contributed by atoms with Gasteiger partial charge in [0.1, 0.15) is 0 Å². The summed E-state index contributed by atoms with van der Waals surface area (Å²) in [6, 6.07) is 8.84. The van der Waals surface area contributed by atoms with Gasteiger partial charge in [0, 0.05) is 17.5 Å². The van der Waals surface area contributed by atoms with Crippen molar-refractivity contribution in [3.63, 3.8) is 0 Å². The van der Waals surface area contributed by atoms with Gasteiger partial charge in [-0.15, -0.1) is 0 Å². The van der Waals surface area contributed by atoms with Gasteiger partial charge in [-0.05, 0) is 38.8 Å². The molecule has 1 aliphatic carbocycles. The van der Waals surface area contributed by atoms with E-state index in [1.54, 1.807) is 32.1 Å². The summed E-state index contributed by atoms with van der Waals surface area (Å²) in [6.45, 7) is 3.82. The van der Waals surface area contributed by atoms with Gasteiger partial charge < -0.3 is 14.8 Å². The maximum atomic E-state index is 12.2. The number of carbonyl (C=O) groups is 3. The van der Waals surface area contributed by atoms with Gasteiger partial charge in [-0.2, -0.15) is 0 Å². The zero-order valence-corrected chi connectivity index (χ0v) is 15.1. The third kappa shape index (κ3) is 5.18. The number of ether oxygens (including phenoxy) is 2. The Labute approximate surface area is 153 Å². The fourth-order valence-electron chi connectivity index (χ4n) is 2.99. The van der Waals surface area contributed by atoms with Gasteiger partial charge >= 0.3 is 11.9 Å². The molecular weight excluding hydrogens is 334 g/mol. The largest absolute Gasteiger partial charge is 0.465 e. The summed E-state index contributed by atoms with van der Waals surface area (Å²) in [5.74, 6) is -2.53. The van der Waals surface area contributed by atoms with E-state index >= 15 is 0 Å². The second-order valence-electron chi connectivity index (χ2n) is 6.05. The van der Waals surface area contributed by atoms with Gasteiger partial charge in [-0.3, -0.25) is 14.4 Å². The molecule has 140 valence electrons. The Kier molecular flexibility index (Phi) is 7.38. The zero-order valence-electron chi connectivity index (χ0n) is 15.1. The first kappa shape index (κ1) is 19.7. The first-order valence-corrected chi connectivity index (χ1v) is 8.94. The lowest BCUT2D eigenvalue weighted by Crippen LogP contribution is -2.39. The van der Waals surface area contributed by atoms with Gasteiger partial charge in [0.05, 0.1) is 13.2 Å². The third-order valence-corrected chi connectivity index (χ3v) is 4.26. The van der Waals surface area contributed by atoms with Crippen LogP contribution < -0.4 is 5.32 Å². The van der Waals surface area contributed by atoms with Crippen LogP contribution >= 0.6 is 0 Å². The summed E-state index contributed by atoms with van der Waals surface area (Å²) in [6.07, 6.45) is 4.85.